The molecule has 3 N–H and O–H groups in total. The highest BCUT2D eigenvalue weighted by Crippen LogP contribution is 2.29. The largest absolute Gasteiger partial charge is 0.481 e. The lowest BCUT2D eigenvalue weighted by molar-refractivity contribution is -0.144. The molecule has 108 valence electrons. The first-order chi connectivity index (χ1) is 8.90. The molecule has 1 rings (SSSR count). The van der Waals surface area contributed by atoms with Crippen LogP contribution in [0, 0.1) is 11.8 Å². The summed E-state index contributed by atoms with van der Waals surface area (Å²) >= 11 is 0. The normalized spacial score (nSPS) is 22.9. The number of carboxylic acids is 1. The Balaban J connectivity index is 2.37. The van der Waals surface area contributed by atoms with E-state index in [4.69, 9.17) is 5.11 Å². The number of rotatable bonds is 5. The molecule has 0 spiro atoms. The molecule has 0 aromatic rings. The van der Waals surface area contributed by atoms with Crippen LogP contribution >= 0.6 is 0 Å². The Bertz CT molecular complexity index is 355. The number of nitrogens with one attached hydrogen (secondary N) is 2. The molecule has 2 atom stereocenters. The van der Waals surface area contributed by atoms with Crippen molar-refractivity contribution in [2.45, 2.75) is 45.6 Å². The molecule has 2 unspecified atom stereocenters. The van der Waals surface area contributed by atoms with Gasteiger partial charge >= 0.3 is 5.97 Å². The number of carbonyl (C=O) groups is 3. The minimum Gasteiger partial charge on any atom is -0.481 e. The number of hydrogen-bond acceptors (Lipinski definition) is 3. The van der Waals surface area contributed by atoms with Gasteiger partial charge in [0.2, 0.25) is 11.8 Å². The second-order valence-electron chi connectivity index (χ2n) is 5.34. The van der Waals surface area contributed by atoms with Crippen LogP contribution in [0.3, 0.4) is 0 Å². The van der Waals surface area contributed by atoms with Crippen LogP contribution in [0.5, 0.6) is 0 Å². The van der Waals surface area contributed by atoms with Gasteiger partial charge < -0.3 is 15.7 Å². The molecule has 0 radical (unpaired) electrons. The zero-order valence-electron chi connectivity index (χ0n) is 11.4. The van der Waals surface area contributed by atoms with Crippen LogP contribution in [0.15, 0.2) is 0 Å². The predicted molar refractivity (Wildman–Crippen MR) is 69.4 cm³/mol. The summed E-state index contributed by atoms with van der Waals surface area (Å²) in [4.78, 5) is 34.2. The number of hydrogen-bond donors (Lipinski definition) is 3. The van der Waals surface area contributed by atoms with Crippen LogP contribution in [0.2, 0.25) is 0 Å². The Labute approximate surface area is 112 Å². The van der Waals surface area contributed by atoms with E-state index in [0.717, 1.165) is 6.42 Å². The monoisotopic (exact) mass is 270 g/mol. The first-order valence-electron chi connectivity index (χ1n) is 6.70. The van der Waals surface area contributed by atoms with Gasteiger partial charge in [-0.15, -0.1) is 0 Å². The SMILES string of the molecule is CC(C)NC(=O)CNC(=O)C1CCCC(C(=O)O)C1. The molecule has 6 heteroatoms. The summed E-state index contributed by atoms with van der Waals surface area (Å²) in [6, 6.07) is 0.0375. The van der Waals surface area contributed by atoms with Gasteiger partial charge in [0.05, 0.1) is 12.5 Å². The second-order valence-corrected chi connectivity index (χ2v) is 5.34. The van der Waals surface area contributed by atoms with Gasteiger partial charge in [-0.2, -0.15) is 0 Å². The second kappa shape index (κ2) is 7.11. The molecule has 0 aromatic heterocycles. The number of carboxylic acid groups (broad SMARTS) is 1. The molecule has 0 aromatic carbocycles. The van der Waals surface area contributed by atoms with Gasteiger partial charge in [-0.05, 0) is 33.1 Å². The molecule has 1 aliphatic carbocycles. The zero-order chi connectivity index (χ0) is 14.4. The van der Waals surface area contributed by atoms with E-state index in [-0.39, 0.29) is 30.3 Å². The van der Waals surface area contributed by atoms with Gasteiger partial charge in [0, 0.05) is 12.0 Å². The van der Waals surface area contributed by atoms with Gasteiger partial charge in [-0.3, -0.25) is 14.4 Å². The van der Waals surface area contributed by atoms with Crippen molar-refractivity contribution in [1.82, 2.24) is 10.6 Å². The van der Waals surface area contributed by atoms with Gasteiger partial charge in [0.15, 0.2) is 0 Å². The van der Waals surface area contributed by atoms with Crippen LogP contribution in [-0.2, 0) is 14.4 Å². The summed E-state index contributed by atoms with van der Waals surface area (Å²) in [7, 11) is 0. The standard InChI is InChI=1S/C13H22N2O4/c1-8(2)15-11(16)7-14-12(17)9-4-3-5-10(6-9)13(18)19/h8-10H,3-7H2,1-2H3,(H,14,17)(H,15,16)(H,18,19). The van der Waals surface area contributed by atoms with Gasteiger partial charge in [-0.25, -0.2) is 0 Å². The molecule has 0 heterocycles. The van der Waals surface area contributed by atoms with E-state index >= 15 is 0 Å². The predicted octanol–water partition coefficient (Wildman–Crippen LogP) is 0.518. The van der Waals surface area contributed by atoms with Crippen molar-refractivity contribution in [3.05, 3.63) is 0 Å². The third-order valence-electron chi connectivity index (χ3n) is 3.27. The number of amides is 2. The first kappa shape index (κ1) is 15.5. The summed E-state index contributed by atoms with van der Waals surface area (Å²) in [5.41, 5.74) is 0. The quantitative estimate of drug-likeness (QED) is 0.678. The van der Waals surface area contributed by atoms with Gasteiger partial charge in [-0.1, -0.05) is 6.42 Å². The average Bonchev–Trinajstić information content (AvgIpc) is 2.35. The van der Waals surface area contributed by atoms with Crippen molar-refractivity contribution in [3.63, 3.8) is 0 Å². The van der Waals surface area contributed by atoms with Crippen molar-refractivity contribution in [1.29, 1.82) is 0 Å². The highest BCUT2D eigenvalue weighted by molar-refractivity contribution is 5.86. The number of aliphatic carboxylic acids is 1. The molecule has 0 aliphatic heterocycles. The van der Waals surface area contributed by atoms with E-state index in [9.17, 15) is 14.4 Å². The smallest absolute Gasteiger partial charge is 0.306 e. The molecule has 1 aliphatic rings. The molecule has 19 heavy (non-hydrogen) atoms. The highest BCUT2D eigenvalue weighted by atomic mass is 16.4. The van der Waals surface area contributed by atoms with E-state index < -0.39 is 11.9 Å². The maximum absolute atomic E-state index is 11.9. The van der Waals surface area contributed by atoms with Crippen LogP contribution in [0.4, 0.5) is 0 Å². The molecule has 1 fully saturated rings. The van der Waals surface area contributed by atoms with Crippen molar-refractivity contribution in [3.8, 4) is 0 Å². The van der Waals surface area contributed by atoms with Crippen molar-refractivity contribution in [2.75, 3.05) is 6.54 Å². The summed E-state index contributed by atoms with van der Waals surface area (Å²) in [5, 5.41) is 14.2. The molecule has 0 saturated heterocycles. The fourth-order valence-electron chi connectivity index (χ4n) is 2.34. The molecular weight excluding hydrogens is 248 g/mol. The Hall–Kier alpha value is -1.59. The van der Waals surface area contributed by atoms with Crippen molar-refractivity contribution in [2.24, 2.45) is 11.8 Å². The van der Waals surface area contributed by atoms with Gasteiger partial charge in [0.25, 0.3) is 0 Å². The van der Waals surface area contributed by atoms with Gasteiger partial charge in [0.1, 0.15) is 0 Å². The summed E-state index contributed by atoms with van der Waals surface area (Å²) < 4.78 is 0. The maximum Gasteiger partial charge on any atom is 0.306 e. The summed E-state index contributed by atoms with van der Waals surface area (Å²) in [6.07, 6.45) is 2.44. The first-order valence-corrected chi connectivity index (χ1v) is 6.70. The Morgan fingerprint density at radius 3 is 2.42 bits per heavy atom. The third-order valence-corrected chi connectivity index (χ3v) is 3.27. The van der Waals surface area contributed by atoms with Crippen molar-refractivity contribution >= 4 is 17.8 Å². The third kappa shape index (κ3) is 5.28. The Morgan fingerprint density at radius 1 is 1.21 bits per heavy atom. The zero-order valence-corrected chi connectivity index (χ0v) is 11.4. The van der Waals surface area contributed by atoms with Crippen molar-refractivity contribution < 1.29 is 19.5 Å². The molecular formula is C13H22N2O4. The Kier molecular flexibility index (Phi) is 5.79. The van der Waals surface area contributed by atoms with E-state index in [1.807, 2.05) is 13.8 Å². The topological polar surface area (TPSA) is 95.5 Å². The minimum atomic E-state index is -0.838. The average molecular weight is 270 g/mol. The van der Waals surface area contributed by atoms with Crippen LogP contribution in [-0.4, -0.2) is 35.5 Å². The van der Waals surface area contributed by atoms with Crippen LogP contribution in [0.1, 0.15) is 39.5 Å². The molecule has 0 bridgehead atoms. The Morgan fingerprint density at radius 2 is 1.84 bits per heavy atom. The lowest BCUT2D eigenvalue weighted by Gasteiger charge is -2.25. The van der Waals surface area contributed by atoms with E-state index in [0.29, 0.717) is 19.3 Å². The fourth-order valence-corrected chi connectivity index (χ4v) is 2.34. The van der Waals surface area contributed by atoms with E-state index in [1.54, 1.807) is 0 Å². The lowest BCUT2D eigenvalue weighted by atomic mass is 9.81. The van der Waals surface area contributed by atoms with Crippen LogP contribution < -0.4 is 10.6 Å². The maximum atomic E-state index is 11.9. The molecule has 1 saturated carbocycles. The molecule has 6 nitrogen and oxygen atoms in total. The molecule has 2 amide bonds. The number of carbonyl (C=O) groups excluding carboxylic acids is 2. The minimum absolute atomic E-state index is 0.0375. The van der Waals surface area contributed by atoms with E-state index in [1.165, 1.54) is 0 Å². The summed E-state index contributed by atoms with van der Waals surface area (Å²) in [5.74, 6) is -2.01. The fraction of sp³-hybridized carbons (Fsp3) is 0.769. The lowest BCUT2D eigenvalue weighted by Crippen LogP contribution is -2.42. The summed E-state index contributed by atoms with van der Waals surface area (Å²) in [6.45, 7) is 3.64. The van der Waals surface area contributed by atoms with Crippen LogP contribution in [0.25, 0.3) is 0 Å². The highest BCUT2D eigenvalue weighted by Gasteiger charge is 2.30. The van der Waals surface area contributed by atoms with E-state index in [2.05, 4.69) is 10.6 Å².